The highest BCUT2D eigenvalue weighted by Crippen LogP contribution is 2.37. The molecule has 16 heteroatoms. The third kappa shape index (κ3) is 11.4. The van der Waals surface area contributed by atoms with Gasteiger partial charge in [0.2, 0.25) is 5.43 Å². The number of carbonyl (C=O) groups is 2. The molecule has 4 aromatic carbocycles. The van der Waals surface area contributed by atoms with Crippen LogP contribution in [0.15, 0.2) is 82.6 Å². The van der Waals surface area contributed by atoms with Crippen molar-refractivity contribution in [1.82, 2.24) is 9.13 Å². The van der Waals surface area contributed by atoms with Crippen molar-refractivity contribution >= 4 is 77.0 Å². The summed E-state index contributed by atoms with van der Waals surface area (Å²) in [5, 5.41) is 10.2. The second-order valence-electron chi connectivity index (χ2n) is 17.9. The van der Waals surface area contributed by atoms with E-state index in [1.807, 2.05) is 54.7 Å². The number of esters is 1. The number of aliphatic hydroxyl groups excluding tert-OH is 1. The molecule has 1 N–H and O–H groups in total. The van der Waals surface area contributed by atoms with Gasteiger partial charge in [-0.3, -0.25) is 14.4 Å². The van der Waals surface area contributed by atoms with Gasteiger partial charge in [-0.15, -0.1) is 0 Å². The second kappa shape index (κ2) is 21.5. The molecule has 0 unspecified atom stereocenters. The first-order chi connectivity index (χ1) is 31.0. The van der Waals surface area contributed by atoms with Crippen LogP contribution in [0.2, 0.25) is 28.2 Å². The smallest absolute Gasteiger partial charge is 0.343 e. The standard InChI is InChI=1S/C29H38ClFN2O4Si.C21H20ClFN2O3/c1-9-36-28(35)22-18-33(13-14-37-38(7,8)29(2,3)4)26-21(27(22)34)16-19(17-24(26)32(5)6)15-20-11-10-12-23(30)25(20)31;1-24(2)18-10-13(8-14-4-3-5-17(22)19(14)23)9-16-20(18)25(6-7-26)11-15(12-27)21(16)28/h10-12,16-18H,9,13-15H2,1-8H3;3-5,9-12,26H,6-8H2,1-2H3. The molecule has 0 bridgehead atoms. The van der Waals surface area contributed by atoms with Gasteiger partial charge >= 0.3 is 5.97 Å². The molecule has 0 spiro atoms. The minimum Gasteiger partial charge on any atom is -0.462 e. The maximum Gasteiger partial charge on any atom is 0.343 e. The van der Waals surface area contributed by atoms with Crippen LogP contribution in [0.3, 0.4) is 0 Å². The zero-order chi connectivity index (χ0) is 48.8. The van der Waals surface area contributed by atoms with Crippen LogP contribution < -0.4 is 20.7 Å². The lowest BCUT2D eigenvalue weighted by Gasteiger charge is -2.36. The molecule has 0 aliphatic carbocycles. The molecule has 0 amide bonds. The Hall–Kier alpha value is -5.38. The molecule has 0 radical (unpaired) electrons. The van der Waals surface area contributed by atoms with Crippen LogP contribution in [-0.2, 0) is 35.1 Å². The van der Waals surface area contributed by atoms with Crippen LogP contribution in [-0.4, -0.2) is 82.8 Å². The fraction of sp³-hybridized carbons (Fsp3) is 0.360. The zero-order valence-corrected chi connectivity index (χ0v) is 41.7. The minimum absolute atomic E-state index is 0.0109. The normalized spacial score (nSPS) is 11.7. The predicted molar refractivity (Wildman–Crippen MR) is 265 cm³/mol. The highest BCUT2D eigenvalue weighted by Gasteiger charge is 2.37. The van der Waals surface area contributed by atoms with Gasteiger partial charge in [0.25, 0.3) is 0 Å². The fourth-order valence-corrected chi connectivity index (χ4v) is 8.81. The number of aromatic nitrogens is 2. The summed E-state index contributed by atoms with van der Waals surface area (Å²) in [6, 6.07) is 16.9. The van der Waals surface area contributed by atoms with Crippen LogP contribution >= 0.6 is 23.2 Å². The van der Waals surface area contributed by atoms with Crippen molar-refractivity contribution in [3.63, 3.8) is 0 Å². The van der Waals surface area contributed by atoms with E-state index in [1.54, 1.807) is 54.1 Å². The Morgan fingerprint density at radius 1 is 0.788 bits per heavy atom. The van der Waals surface area contributed by atoms with Crippen molar-refractivity contribution < 1.29 is 32.6 Å². The molecule has 0 saturated heterocycles. The Balaban J connectivity index is 0.000000259. The van der Waals surface area contributed by atoms with Crippen molar-refractivity contribution in [3.05, 3.63) is 149 Å². The van der Waals surface area contributed by atoms with E-state index in [2.05, 4.69) is 33.9 Å². The van der Waals surface area contributed by atoms with Crippen molar-refractivity contribution in [3.8, 4) is 0 Å². The van der Waals surface area contributed by atoms with Gasteiger partial charge in [-0.05, 0) is 83.7 Å². The number of aliphatic hydroxyl groups is 1. The number of pyridine rings is 2. The molecule has 0 atom stereocenters. The van der Waals surface area contributed by atoms with E-state index in [9.17, 15) is 33.1 Å². The van der Waals surface area contributed by atoms with Crippen molar-refractivity contribution in [1.29, 1.82) is 0 Å². The Bertz CT molecular complexity index is 2890. The van der Waals surface area contributed by atoms with Crippen molar-refractivity contribution in [2.45, 2.75) is 71.8 Å². The first-order valence-electron chi connectivity index (χ1n) is 21.5. The molecule has 0 aliphatic heterocycles. The summed E-state index contributed by atoms with van der Waals surface area (Å²) < 4.78 is 44.2. The zero-order valence-electron chi connectivity index (χ0n) is 39.2. The van der Waals surface area contributed by atoms with Crippen LogP contribution in [0.4, 0.5) is 20.2 Å². The van der Waals surface area contributed by atoms with Gasteiger partial charge in [-0.2, -0.15) is 0 Å². The third-order valence-corrected chi connectivity index (χ3v) is 17.0. The molecule has 6 aromatic rings. The van der Waals surface area contributed by atoms with Crippen LogP contribution in [0.25, 0.3) is 21.8 Å². The molecule has 6 rings (SSSR count). The van der Waals surface area contributed by atoms with E-state index in [0.717, 1.165) is 16.9 Å². The highest BCUT2D eigenvalue weighted by atomic mass is 35.5. The molecule has 66 heavy (non-hydrogen) atoms. The van der Waals surface area contributed by atoms with E-state index in [1.165, 1.54) is 18.3 Å². The maximum absolute atomic E-state index is 14.7. The molecular weight excluding hydrogens is 906 g/mol. The van der Waals surface area contributed by atoms with E-state index in [-0.39, 0.29) is 58.8 Å². The number of benzene rings is 4. The topological polar surface area (TPSA) is 123 Å². The minimum atomic E-state index is -2.01. The predicted octanol–water partition coefficient (Wildman–Crippen LogP) is 9.90. The van der Waals surface area contributed by atoms with Gasteiger partial charge in [-0.1, -0.05) is 68.2 Å². The van der Waals surface area contributed by atoms with Crippen molar-refractivity contribution in [2.24, 2.45) is 0 Å². The molecule has 0 aliphatic rings. The van der Waals surface area contributed by atoms with Crippen molar-refractivity contribution in [2.75, 3.05) is 57.8 Å². The van der Waals surface area contributed by atoms with Gasteiger partial charge in [0, 0.05) is 77.3 Å². The molecule has 0 fully saturated rings. The summed E-state index contributed by atoms with van der Waals surface area (Å²) in [5.74, 6) is -1.65. The van der Waals surface area contributed by atoms with Crippen LogP contribution in [0, 0.1) is 11.6 Å². The lowest BCUT2D eigenvalue weighted by atomic mass is 9.99. The van der Waals surface area contributed by atoms with Gasteiger partial charge in [0.15, 0.2) is 20.0 Å². The average Bonchev–Trinajstić information content (AvgIpc) is 3.25. The Morgan fingerprint density at radius 2 is 1.27 bits per heavy atom. The number of aldehydes is 1. The van der Waals surface area contributed by atoms with Gasteiger partial charge in [0.1, 0.15) is 17.2 Å². The molecule has 352 valence electrons. The van der Waals surface area contributed by atoms with Gasteiger partial charge < -0.3 is 33.2 Å². The van der Waals surface area contributed by atoms with Gasteiger partial charge in [-0.25, -0.2) is 13.6 Å². The number of rotatable bonds is 15. The summed E-state index contributed by atoms with van der Waals surface area (Å²) in [4.78, 5) is 54.3. The first-order valence-corrected chi connectivity index (χ1v) is 25.2. The lowest BCUT2D eigenvalue weighted by molar-refractivity contribution is 0.0523. The number of carbonyl (C=O) groups excluding carboxylic acids is 2. The maximum atomic E-state index is 14.7. The largest absolute Gasteiger partial charge is 0.462 e. The Kier molecular flexibility index (Phi) is 16.8. The van der Waals surface area contributed by atoms with E-state index >= 15 is 0 Å². The number of hydrogen-bond donors (Lipinski definition) is 1. The fourth-order valence-electron chi connectivity index (χ4n) is 7.39. The molecule has 2 aromatic heterocycles. The number of hydrogen-bond acceptors (Lipinski definition) is 9. The number of fused-ring (bicyclic) bond motifs is 2. The highest BCUT2D eigenvalue weighted by molar-refractivity contribution is 6.74. The Morgan fingerprint density at radius 3 is 1.71 bits per heavy atom. The Labute approximate surface area is 395 Å². The summed E-state index contributed by atoms with van der Waals surface area (Å²) in [7, 11) is 5.44. The van der Waals surface area contributed by atoms with E-state index in [0.29, 0.717) is 57.9 Å². The summed E-state index contributed by atoms with van der Waals surface area (Å²) in [6.07, 6.45) is 4.02. The molecular formula is C50H58Cl2F2N4O7Si. The van der Waals surface area contributed by atoms with Gasteiger partial charge in [0.05, 0.1) is 57.8 Å². The lowest BCUT2D eigenvalue weighted by Crippen LogP contribution is -2.41. The summed E-state index contributed by atoms with van der Waals surface area (Å²) in [5.41, 5.74) is 4.25. The average molecular weight is 964 g/mol. The summed E-state index contributed by atoms with van der Waals surface area (Å²) >= 11 is 11.9. The number of ether oxygens (including phenoxy) is 1. The molecule has 2 heterocycles. The molecule has 0 saturated carbocycles. The quantitative estimate of drug-likeness (QED) is 0.0609. The van der Waals surface area contributed by atoms with Crippen LogP contribution in [0.5, 0.6) is 0 Å². The third-order valence-electron chi connectivity index (χ3n) is 11.8. The summed E-state index contributed by atoms with van der Waals surface area (Å²) in [6.45, 7) is 13.7. The second-order valence-corrected chi connectivity index (χ2v) is 23.6. The first kappa shape index (κ1) is 51.6. The number of anilines is 2. The van der Waals surface area contributed by atoms with E-state index in [4.69, 9.17) is 32.4 Å². The number of nitrogens with zero attached hydrogens (tertiary/aromatic N) is 4. The molecule has 11 nitrogen and oxygen atoms in total. The SMILES string of the molecule is CCOC(=O)c1cn(CCO[Si](C)(C)C(C)(C)C)c2c(N(C)C)cc(Cc3cccc(Cl)c3F)cc2c1=O.CN(C)c1cc(Cc2cccc(Cl)c2F)cc2c(=O)c(C=O)cn(CCO)c12. The van der Waals surface area contributed by atoms with Crippen LogP contribution in [0.1, 0.15) is 70.7 Å². The number of halogens is 4. The monoisotopic (exact) mass is 962 g/mol. The van der Waals surface area contributed by atoms with E-state index < -0.39 is 36.8 Å².